The second-order valence-electron chi connectivity index (χ2n) is 4.29. The summed E-state index contributed by atoms with van der Waals surface area (Å²) in [6.07, 6.45) is 1.53. The maximum atomic E-state index is 12.2. The van der Waals surface area contributed by atoms with Crippen LogP contribution in [-0.4, -0.2) is 26.3 Å². The van der Waals surface area contributed by atoms with E-state index in [1.54, 1.807) is 25.3 Å². The molecule has 0 fully saturated rings. The molecule has 5 nitrogen and oxygen atoms in total. The number of benzene rings is 2. The summed E-state index contributed by atoms with van der Waals surface area (Å²) < 4.78 is 11.2. The molecule has 0 spiro atoms. The van der Waals surface area contributed by atoms with Crippen LogP contribution in [0.3, 0.4) is 0 Å². The molecule has 0 aliphatic heterocycles. The van der Waals surface area contributed by atoms with Crippen molar-refractivity contribution in [3.05, 3.63) is 58.1 Å². The van der Waals surface area contributed by atoms with Crippen LogP contribution in [0.15, 0.2) is 52.0 Å². The fourth-order valence-electron chi connectivity index (χ4n) is 1.85. The number of methoxy groups -OCH3 is 2. The number of hydrogen-bond donors (Lipinski definition) is 1. The lowest BCUT2D eigenvalue weighted by Gasteiger charge is -2.07. The number of carbonyl (C=O) groups excluding carboxylic acids is 1. The molecule has 0 radical (unpaired) electrons. The van der Waals surface area contributed by atoms with Gasteiger partial charge in [-0.2, -0.15) is 5.10 Å². The van der Waals surface area contributed by atoms with Gasteiger partial charge in [-0.15, -0.1) is 0 Å². The van der Waals surface area contributed by atoms with Crippen molar-refractivity contribution in [3.8, 4) is 11.5 Å². The minimum atomic E-state index is -0.357. The number of carbonyl (C=O) groups is 1. The molecule has 1 amide bonds. The van der Waals surface area contributed by atoms with Gasteiger partial charge in [-0.25, -0.2) is 5.43 Å². The van der Waals surface area contributed by atoms with Crippen LogP contribution in [0.25, 0.3) is 0 Å². The number of amides is 1. The average Bonchev–Trinajstić information content (AvgIpc) is 2.55. The molecule has 0 heterocycles. The van der Waals surface area contributed by atoms with Crippen LogP contribution in [0, 0.1) is 0 Å². The lowest BCUT2D eigenvalue weighted by Crippen LogP contribution is -2.18. The summed E-state index contributed by atoms with van der Waals surface area (Å²) in [4.78, 5) is 12.2. The van der Waals surface area contributed by atoms with E-state index in [4.69, 9.17) is 9.47 Å². The highest BCUT2D eigenvalue weighted by Gasteiger charge is 2.12. The van der Waals surface area contributed by atoms with Crippen molar-refractivity contribution in [2.75, 3.05) is 14.2 Å². The lowest BCUT2D eigenvalue weighted by molar-refractivity contribution is 0.0952. The van der Waals surface area contributed by atoms with Gasteiger partial charge in [0.05, 0.1) is 26.0 Å². The maximum absolute atomic E-state index is 12.2. The Hall–Kier alpha value is -2.34. The van der Waals surface area contributed by atoms with Gasteiger partial charge in [0.25, 0.3) is 5.91 Å². The fraction of sp³-hybridized carbons (Fsp3) is 0.125. The van der Waals surface area contributed by atoms with Gasteiger partial charge in [0.15, 0.2) is 0 Å². The van der Waals surface area contributed by atoms with Gasteiger partial charge in [0.1, 0.15) is 11.5 Å². The Balaban J connectivity index is 2.13. The molecule has 2 aromatic rings. The number of ether oxygens (including phenoxy) is 2. The summed E-state index contributed by atoms with van der Waals surface area (Å²) in [5, 5.41) is 3.96. The van der Waals surface area contributed by atoms with E-state index < -0.39 is 0 Å². The Bertz CT molecular complexity index is 702. The van der Waals surface area contributed by atoms with Crippen molar-refractivity contribution >= 4 is 28.1 Å². The zero-order chi connectivity index (χ0) is 15.9. The third-order valence-corrected chi connectivity index (χ3v) is 3.41. The van der Waals surface area contributed by atoms with Crippen LogP contribution in [-0.2, 0) is 0 Å². The molecule has 0 atom stereocenters. The molecule has 0 unspecified atom stereocenters. The predicted molar refractivity (Wildman–Crippen MR) is 88.7 cm³/mol. The van der Waals surface area contributed by atoms with E-state index >= 15 is 0 Å². The van der Waals surface area contributed by atoms with E-state index in [1.807, 2.05) is 24.3 Å². The molecule has 0 saturated heterocycles. The summed E-state index contributed by atoms with van der Waals surface area (Å²) in [7, 11) is 3.09. The highest BCUT2D eigenvalue weighted by Crippen LogP contribution is 2.22. The minimum absolute atomic E-state index is 0.357. The molecule has 22 heavy (non-hydrogen) atoms. The van der Waals surface area contributed by atoms with Gasteiger partial charge in [-0.3, -0.25) is 4.79 Å². The van der Waals surface area contributed by atoms with E-state index in [0.29, 0.717) is 17.1 Å². The van der Waals surface area contributed by atoms with Crippen LogP contribution in [0.2, 0.25) is 0 Å². The van der Waals surface area contributed by atoms with Gasteiger partial charge in [-0.05, 0) is 30.3 Å². The van der Waals surface area contributed by atoms with Crippen LogP contribution < -0.4 is 14.9 Å². The molecule has 0 saturated carbocycles. The summed E-state index contributed by atoms with van der Waals surface area (Å²) >= 11 is 3.33. The fourth-order valence-corrected chi connectivity index (χ4v) is 2.21. The van der Waals surface area contributed by atoms with Gasteiger partial charge >= 0.3 is 0 Å². The van der Waals surface area contributed by atoms with Crippen molar-refractivity contribution < 1.29 is 14.3 Å². The maximum Gasteiger partial charge on any atom is 0.275 e. The zero-order valence-electron chi connectivity index (χ0n) is 12.2. The third-order valence-electron chi connectivity index (χ3n) is 2.91. The number of hydrogen-bond acceptors (Lipinski definition) is 4. The number of nitrogens with one attached hydrogen (secondary N) is 1. The molecule has 2 aromatic carbocycles. The van der Waals surface area contributed by atoms with Crippen LogP contribution in [0.5, 0.6) is 11.5 Å². The Labute approximate surface area is 137 Å². The molecular weight excluding hydrogens is 348 g/mol. The second kappa shape index (κ2) is 7.61. The molecule has 1 N–H and O–H groups in total. The molecule has 0 aliphatic carbocycles. The number of hydrazone groups is 1. The first-order chi connectivity index (χ1) is 10.7. The Kier molecular flexibility index (Phi) is 5.55. The number of nitrogens with zero attached hydrogens (tertiary/aromatic N) is 1. The molecular formula is C16H15BrN2O3. The van der Waals surface area contributed by atoms with Crippen LogP contribution in [0.4, 0.5) is 0 Å². The molecule has 6 heteroatoms. The average molecular weight is 363 g/mol. The van der Waals surface area contributed by atoms with E-state index in [0.717, 1.165) is 10.0 Å². The van der Waals surface area contributed by atoms with E-state index in [2.05, 4.69) is 26.5 Å². The smallest absolute Gasteiger partial charge is 0.275 e. The highest BCUT2D eigenvalue weighted by atomic mass is 79.9. The SMILES string of the molecule is COc1ccccc1C=NNC(=O)c1cc(Br)ccc1OC. The Morgan fingerprint density at radius 2 is 1.86 bits per heavy atom. The third kappa shape index (κ3) is 3.85. The summed E-state index contributed by atoms with van der Waals surface area (Å²) in [5.74, 6) is 0.804. The minimum Gasteiger partial charge on any atom is -0.496 e. The zero-order valence-corrected chi connectivity index (χ0v) is 13.8. The van der Waals surface area contributed by atoms with E-state index in [1.165, 1.54) is 13.3 Å². The van der Waals surface area contributed by atoms with Gasteiger partial charge in [0, 0.05) is 10.0 Å². The first-order valence-corrected chi connectivity index (χ1v) is 7.25. The van der Waals surface area contributed by atoms with Gasteiger partial charge < -0.3 is 9.47 Å². The number of halogens is 1. The second-order valence-corrected chi connectivity index (χ2v) is 5.20. The highest BCUT2D eigenvalue weighted by molar-refractivity contribution is 9.10. The molecule has 0 aliphatic rings. The number of rotatable bonds is 5. The standard InChI is InChI=1S/C16H15BrN2O3/c1-21-14-6-4-3-5-11(14)10-18-19-16(20)13-9-12(17)7-8-15(13)22-2/h3-10H,1-2H3,(H,19,20). The molecule has 0 aromatic heterocycles. The molecule has 2 rings (SSSR count). The van der Waals surface area contributed by atoms with Crippen molar-refractivity contribution in [2.24, 2.45) is 5.10 Å². The van der Waals surface area contributed by atoms with Gasteiger partial charge in [0.2, 0.25) is 0 Å². The molecule has 114 valence electrons. The van der Waals surface area contributed by atoms with Crippen molar-refractivity contribution in [1.82, 2.24) is 5.43 Å². The van der Waals surface area contributed by atoms with E-state index in [-0.39, 0.29) is 5.91 Å². The number of para-hydroxylation sites is 1. The largest absolute Gasteiger partial charge is 0.496 e. The predicted octanol–water partition coefficient (Wildman–Crippen LogP) is 3.23. The van der Waals surface area contributed by atoms with Gasteiger partial charge in [-0.1, -0.05) is 28.1 Å². The Morgan fingerprint density at radius 1 is 1.14 bits per heavy atom. The topological polar surface area (TPSA) is 59.9 Å². The van der Waals surface area contributed by atoms with E-state index in [9.17, 15) is 4.79 Å². The first-order valence-electron chi connectivity index (χ1n) is 6.45. The quantitative estimate of drug-likeness (QED) is 0.656. The van der Waals surface area contributed by atoms with Crippen LogP contribution >= 0.6 is 15.9 Å². The van der Waals surface area contributed by atoms with Crippen molar-refractivity contribution in [1.29, 1.82) is 0 Å². The summed E-state index contributed by atoms with van der Waals surface area (Å²) in [6, 6.07) is 12.6. The normalized spacial score (nSPS) is 10.5. The van der Waals surface area contributed by atoms with Crippen molar-refractivity contribution in [3.63, 3.8) is 0 Å². The Morgan fingerprint density at radius 3 is 2.59 bits per heavy atom. The lowest BCUT2D eigenvalue weighted by atomic mass is 10.2. The van der Waals surface area contributed by atoms with Crippen molar-refractivity contribution in [2.45, 2.75) is 0 Å². The monoisotopic (exact) mass is 362 g/mol. The summed E-state index contributed by atoms with van der Waals surface area (Å²) in [6.45, 7) is 0. The molecule has 0 bridgehead atoms. The first kappa shape index (κ1) is 16.0. The summed E-state index contributed by atoms with van der Waals surface area (Å²) in [5.41, 5.74) is 3.64. The van der Waals surface area contributed by atoms with Crippen LogP contribution in [0.1, 0.15) is 15.9 Å².